The molecule has 188 valence electrons. The van der Waals surface area contributed by atoms with Crippen LogP contribution in [0.25, 0.3) is 0 Å². The molecule has 0 spiro atoms. The molecular formula is C28H43N3O3. The zero-order valence-corrected chi connectivity index (χ0v) is 21.6. The molecule has 0 aliphatic heterocycles. The predicted molar refractivity (Wildman–Crippen MR) is 130 cm³/mol. The molecule has 5 rings (SSSR count). The van der Waals surface area contributed by atoms with Crippen LogP contribution in [0, 0.1) is 40.4 Å². The summed E-state index contributed by atoms with van der Waals surface area (Å²) in [6.45, 7) is 9.14. The van der Waals surface area contributed by atoms with Crippen LogP contribution in [0.5, 0.6) is 0 Å². The predicted octanol–water partition coefficient (Wildman–Crippen LogP) is 5.24. The first kappa shape index (κ1) is 24.1. The Morgan fingerprint density at radius 2 is 1.79 bits per heavy atom. The van der Waals surface area contributed by atoms with Gasteiger partial charge in [-0.3, -0.25) is 9.59 Å². The van der Waals surface area contributed by atoms with E-state index >= 15 is 0 Å². The first-order chi connectivity index (χ1) is 16.1. The van der Waals surface area contributed by atoms with Crippen molar-refractivity contribution < 1.29 is 14.7 Å². The molecule has 0 unspecified atom stereocenters. The summed E-state index contributed by atoms with van der Waals surface area (Å²) in [6, 6.07) is 0. The zero-order valence-electron chi connectivity index (χ0n) is 21.6. The molecule has 1 heterocycles. The van der Waals surface area contributed by atoms with Crippen LogP contribution < -0.4 is 0 Å². The Kier molecular flexibility index (Phi) is 6.06. The van der Waals surface area contributed by atoms with Gasteiger partial charge < -0.3 is 5.11 Å². The molecule has 4 aliphatic rings. The highest BCUT2D eigenvalue weighted by atomic mass is 16.3. The molecule has 1 aromatic heterocycles. The number of fused-ring (bicyclic) bond motifs is 5. The number of rotatable bonds is 6. The number of nitrogens with zero attached hydrogens (tertiary/aromatic N) is 3. The Morgan fingerprint density at radius 1 is 1.03 bits per heavy atom. The van der Waals surface area contributed by atoms with Gasteiger partial charge in [0.15, 0.2) is 11.6 Å². The fourth-order valence-electron chi connectivity index (χ4n) is 9.09. The monoisotopic (exact) mass is 469 g/mol. The lowest BCUT2D eigenvalue weighted by atomic mass is 9.44. The smallest absolute Gasteiger partial charge is 0.184 e. The zero-order chi connectivity index (χ0) is 24.3. The second-order valence-electron chi connectivity index (χ2n) is 13.0. The third-order valence-corrected chi connectivity index (χ3v) is 11.0. The van der Waals surface area contributed by atoms with Gasteiger partial charge in [-0.15, -0.1) is 5.10 Å². The number of hydrogen-bond acceptors (Lipinski definition) is 5. The maximum atomic E-state index is 13.5. The minimum atomic E-state index is -0.493. The summed E-state index contributed by atoms with van der Waals surface area (Å²) < 4.78 is 1.58. The minimum absolute atomic E-state index is 0.000682. The van der Waals surface area contributed by atoms with Gasteiger partial charge in [-0.05, 0) is 106 Å². The summed E-state index contributed by atoms with van der Waals surface area (Å²) in [6.07, 6.45) is 12.9. The minimum Gasteiger partial charge on any atom is -0.390 e. The van der Waals surface area contributed by atoms with Crippen LogP contribution in [-0.4, -0.2) is 37.3 Å². The average molecular weight is 470 g/mol. The van der Waals surface area contributed by atoms with Gasteiger partial charge in [0.2, 0.25) is 0 Å². The lowest BCUT2D eigenvalue weighted by Gasteiger charge is -2.61. The number of carbonyl (C=O) groups excluding carboxylic acids is 2. The van der Waals surface area contributed by atoms with Crippen molar-refractivity contribution in [1.82, 2.24) is 15.0 Å². The summed E-state index contributed by atoms with van der Waals surface area (Å²) in [7, 11) is 0. The third-order valence-electron chi connectivity index (χ3n) is 11.0. The normalized spacial score (nSPS) is 43.6. The van der Waals surface area contributed by atoms with E-state index in [4.69, 9.17) is 0 Å². The fraction of sp³-hybridized carbons (Fsp3) is 0.857. The van der Waals surface area contributed by atoms with Gasteiger partial charge in [-0.25, -0.2) is 4.68 Å². The molecule has 0 bridgehead atoms. The highest BCUT2D eigenvalue weighted by Gasteiger charge is 2.61. The van der Waals surface area contributed by atoms with Crippen molar-refractivity contribution in [3.8, 4) is 0 Å². The van der Waals surface area contributed by atoms with Crippen molar-refractivity contribution in [1.29, 1.82) is 0 Å². The molecule has 4 saturated carbocycles. The summed E-state index contributed by atoms with van der Waals surface area (Å²) in [5.74, 6) is 3.05. The molecule has 1 aromatic rings. The van der Waals surface area contributed by atoms with Crippen molar-refractivity contribution in [3.05, 3.63) is 11.9 Å². The van der Waals surface area contributed by atoms with E-state index in [9.17, 15) is 14.7 Å². The van der Waals surface area contributed by atoms with Gasteiger partial charge in [-0.2, -0.15) is 0 Å². The molecule has 0 radical (unpaired) electrons. The molecule has 0 saturated heterocycles. The Hall–Kier alpha value is -1.56. The maximum absolute atomic E-state index is 13.5. The lowest BCUT2D eigenvalue weighted by Crippen LogP contribution is -2.55. The number of carbonyl (C=O) groups is 2. The highest BCUT2D eigenvalue weighted by Crippen LogP contribution is 2.68. The van der Waals surface area contributed by atoms with Crippen molar-refractivity contribution in [3.63, 3.8) is 0 Å². The lowest BCUT2D eigenvalue weighted by molar-refractivity contribution is -0.151. The van der Waals surface area contributed by atoms with Crippen molar-refractivity contribution in [2.24, 2.45) is 40.4 Å². The third kappa shape index (κ3) is 3.88. The van der Waals surface area contributed by atoms with Gasteiger partial charge in [0.25, 0.3) is 0 Å². The van der Waals surface area contributed by atoms with E-state index in [-0.39, 0.29) is 29.4 Å². The van der Waals surface area contributed by atoms with Crippen molar-refractivity contribution in [2.45, 2.75) is 110 Å². The Balaban J connectivity index is 1.29. The Labute approximate surface area is 204 Å². The van der Waals surface area contributed by atoms with Gasteiger partial charge in [-0.1, -0.05) is 26.0 Å². The summed E-state index contributed by atoms with van der Waals surface area (Å²) in [5.41, 5.74) is 0.301. The highest BCUT2D eigenvalue weighted by molar-refractivity contribution is 5.93. The molecule has 6 nitrogen and oxygen atoms in total. The summed E-state index contributed by atoms with van der Waals surface area (Å²) >= 11 is 0. The Bertz CT molecular complexity index is 954. The molecular weight excluding hydrogens is 426 g/mol. The topological polar surface area (TPSA) is 85.1 Å². The molecule has 34 heavy (non-hydrogen) atoms. The number of hydrogen-bond donors (Lipinski definition) is 1. The molecule has 8 atom stereocenters. The quantitative estimate of drug-likeness (QED) is 0.576. The van der Waals surface area contributed by atoms with Crippen LogP contribution in [0.3, 0.4) is 0 Å². The molecule has 0 aromatic carbocycles. The number of ketones is 2. The number of aromatic nitrogens is 3. The van der Waals surface area contributed by atoms with Gasteiger partial charge in [0.1, 0.15) is 12.2 Å². The first-order valence-electron chi connectivity index (χ1n) is 13.8. The van der Waals surface area contributed by atoms with Crippen LogP contribution in [0.4, 0.5) is 0 Å². The van der Waals surface area contributed by atoms with E-state index in [1.54, 1.807) is 10.9 Å². The molecule has 0 amide bonds. The van der Waals surface area contributed by atoms with Crippen molar-refractivity contribution in [2.75, 3.05) is 0 Å². The van der Waals surface area contributed by atoms with Gasteiger partial charge >= 0.3 is 0 Å². The van der Waals surface area contributed by atoms with E-state index in [0.29, 0.717) is 35.3 Å². The van der Waals surface area contributed by atoms with E-state index < -0.39 is 5.60 Å². The van der Waals surface area contributed by atoms with Crippen LogP contribution in [0.15, 0.2) is 6.20 Å². The van der Waals surface area contributed by atoms with Crippen LogP contribution in [0.2, 0.25) is 0 Å². The van der Waals surface area contributed by atoms with Crippen molar-refractivity contribution >= 4 is 11.6 Å². The molecule has 1 N–H and O–H groups in total. The van der Waals surface area contributed by atoms with E-state index in [0.717, 1.165) is 50.9 Å². The van der Waals surface area contributed by atoms with Crippen LogP contribution in [0.1, 0.15) is 109 Å². The van der Waals surface area contributed by atoms with E-state index in [1.807, 2.05) is 13.8 Å². The SMILES string of the molecule is CCCC(=O)c1cn(CC(=O)[C@H]2CC[C@H]3[C@@H]4CC[C@@H]5C[C@](C)(O)CC[C@]5(C)[C@H]4CC[C@]23C)nn1. The van der Waals surface area contributed by atoms with Gasteiger partial charge in [0, 0.05) is 12.3 Å². The maximum Gasteiger partial charge on any atom is 0.184 e. The summed E-state index contributed by atoms with van der Waals surface area (Å²) in [4.78, 5) is 25.6. The number of Topliss-reactive ketones (excluding diaryl/α,β-unsaturated/α-hetero) is 2. The molecule has 6 heteroatoms. The largest absolute Gasteiger partial charge is 0.390 e. The van der Waals surface area contributed by atoms with Crippen LogP contribution >= 0.6 is 0 Å². The second kappa shape index (κ2) is 8.53. The van der Waals surface area contributed by atoms with Crippen LogP contribution in [-0.2, 0) is 11.3 Å². The molecule has 4 aliphatic carbocycles. The molecule has 4 fully saturated rings. The second-order valence-corrected chi connectivity index (χ2v) is 13.0. The first-order valence-corrected chi connectivity index (χ1v) is 13.8. The fourth-order valence-corrected chi connectivity index (χ4v) is 9.09. The Morgan fingerprint density at radius 3 is 2.56 bits per heavy atom. The number of aliphatic hydroxyl groups is 1. The summed E-state index contributed by atoms with van der Waals surface area (Å²) in [5, 5.41) is 18.8. The van der Waals surface area contributed by atoms with Gasteiger partial charge in [0.05, 0.1) is 11.8 Å². The van der Waals surface area contributed by atoms with E-state index in [2.05, 4.69) is 24.2 Å². The standard InChI is InChI=1S/C28H43N3O3/c1-5-6-24(32)23-16-31(30-29-23)17-25(33)22-10-9-20-19-8-7-18-15-26(2,34)13-14-27(18,3)21(19)11-12-28(20,22)4/h16,18-22,34H,5-15,17H2,1-4H3/t18-,19+,20+,21+,22-,26-,27+,28+/m1/s1. The van der Waals surface area contributed by atoms with E-state index in [1.165, 1.54) is 19.3 Å². The average Bonchev–Trinajstić information content (AvgIpc) is 3.38.